The van der Waals surface area contributed by atoms with Crippen LogP contribution in [0, 0.1) is 10.1 Å². The zero-order valence-corrected chi connectivity index (χ0v) is 24.2. The Morgan fingerprint density at radius 1 is 0.976 bits per heavy atom. The number of hydrogen-bond donors (Lipinski definition) is 0. The van der Waals surface area contributed by atoms with E-state index in [-0.39, 0.29) is 17.3 Å². The van der Waals surface area contributed by atoms with Crippen LogP contribution in [-0.2, 0) is 4.79 Å². The fraction of sp³-hybridized carbons (Fsp3) is 0. The molecule has 0 saturated carbocycles. The molecule has 0 radical (unpaired) electrons. The highest BCUT2D eigenvalue weighted by atomic mass is 79.9. The predicted octanol–water partition coefficient (Wildman–Crippen LogP) is 7.00. The van der Waals surface area contributed by atoms with Crippen LogP contribution in [0.3, 0.4) is 0 Å². The lowest BCUT2D eigenvalue weighted by Crippen LogP contribution is -2.20. The Labute approximate surface area is 249 Å². The summed E-state index contributed by atoms with van der Waals surface area (Å²) < 4.78 is 7.90. The normalized spacial score (nSPS) is 11.4. The first-order valence-electron chi connectivity index (χ1n) is 12.0. The summed E-state index contributed by atoms with van der Waals surface area (Å²) in [5.41, 5.74) is 1.58. The van der Waals surface area contributed by atoms with Gasteiger partial charge in [-0.15, -0.1) is 0 Å². The van der Waals surface area contributed by atoms with E-state index in [1.807, 2.05) is 30.3 Å². The molecule has 0 aliphatic rings. The van der Waals surface area contributed by atoms with Gasteiger partial charge in [0.15, 0.2) is 11.6 Å². The number of nitrogens with zero attached hydrogens (tertiary/aromatic N) is 4. The number of nitro benzene ring substituents is 1. The number of aromatic nitrogens is 2. The van der Waals surface area contributed by atoms with Crippen molar-refractivity contribution < 1.29 is 14.5 Å². The van der Waals surface area contributed by atoms with Gasteiger partial charge in [-0.25, -0.2) is 9.78 Å². The molecule has 41 heavy (non-hydrogen) atoms. The molecular weight excluding hydrogens is 656 g/mol. The minimum atomic E-state index is -0.609. The van der Waals surface area contributed by atoms with E-state index in [4.69, 9.17) is 4.74 Å². The zero-order chi connectivity index (χ0) is 28.9. The summed E-state index contributed by atoms with van der Waals surface area (Å²) in [6, 6.07) is 25.2. The molecule has 1 heterocycles. The summed E-state index contributed by atoms with van der Waals surface area (Å²) in [5.74, 6) is -0.237. The average Bonchev–Trinajstić information content (AvgIpc) is 2.97. The Kier molecular flexibility index (Phi) is 8.27. The highest BCUT2D eigenvalue weighted by molar-refractivity contribution is 9.11. The van der Waals surface area contributed by atoms with Crippen LogP contribution in [-0.4, -0.2) is 26.8 Å². The van der Waals surface area contributed by atoms with Gasteiger partial charge in [-0.3, -0.25) is 14.9 Å². The van der Waals surface area contributed by atoms with Crippen molar-refractivity contribution in [2.24, 2.45) is 5.10 Å². The van der Waals surface area contributed by atoms with Gasteiger partial charge in [0.25, 0.3) is 11.2 Å². The lowest BCUT2D eigenvalue weighted by molar-refractivity contribution is -0.384. The van der Waals surface area contributed by atoms with Crippen LogP contribution in [0.2, 0.25) is 0 Å². The van der Waals surface area contributed by atoms with E-state index in [1.54, 1.807) is 42.5 Å². The number of non-ortho nitro benzene ring substituents is 1. The zero-order valence-electron chi connectivity index (χ0n) is 21.0. The molecule has 5 aromatic rings. The standard InChI is InChI=1S/C30H18Br2N4O5/c31-22-16-21(28(25(32)17-22)41-27(37)15-10-19-6-2-1-3-7-19)18-33-35-29(20-11-13-23(14-12-20)36(39)40)34-26-9-5-4-8-24(26)30(35)38/h1-18H/b15-10+,33-18?. The van der Waals surface area contributed by atoms with Crippen molar-refractivity contribution in [2.75, 3.05) is 0 Å². The van der Waals surface area contributed by atoms with E-state index in [0.29, 0.717) is 31.0 Å². The van der Waals surface area contributed by atoms with E-state index in [2.05, 4.69) is 41.9 Å². The Morgan fingerprint density at radius 3 is 2.41 bits per heavy atom. The van der Waals surface area contributed by atoms with E-state index in [9.17, 15) is 19.7 Å². The number of nitro groups is 1. The molecule has 5 rings (SSSR count). The van der Waals surface area contributed by atoms with E-state index in [1.165, 1.54) is 36.6 Å². The largest absolute Gasteiger partial charge is 0.421 e. The molecule has 0 saturated heterocycles. The minimum absolute atomic E-state index is 0.0984. The van der Waals surface area contributed by atoms with Crippen molar-refractivity contribution in [1.82, 2.24) is 9.66 Å². The molecule has 0 N–H and O–H groups in total. The quantitative estimate of drug-likeness (QED) is 0.0459. The SMILES string of the molecule is O=C(/C=C/c1ccccc1)Oc1c(Br)cc(Br)cc1C=Nn1c(-c2ccc([N+](=O)[O-])cc2)nc2ccccc2c1=O. The van der Waals surface area contributed by atoms with Crippen LogP contribution >= 0.6 is 31.9 Å². The van der Waals surface area contributed by atoms with Crippen molar-refractivity contribution in [2.45, 2.75) is 0 Å². The molecule has 0 fully saturated rings. The molecule has 0 atom stereocenters. The summed E-state index contributed by atoms with van der Waals surface area (Å²) >= 11 is 6.87. The maximum absolute atomic E-state index is 13.5. The fourth-order valence-electron chi connectivity index (χ4n) is 3.92. The smallest absolute Gasteiger partial charge is 0.336 e. The van der Waals surface area contributed by atoms with Crippen LogP contribution in [0.1, 0.15) is 11.1 Å². The van der Waals surface area contributed by atoms with E-state index >= 15 is 0 Å². The highest BCUT2D eigenvalue weighted by Crippen LogP contribution is 2.32. The predicted molar refractivity (Wildman–Crippen MR) is 164 cm³/mol. The molecule has 202 valence electrons. The number of fused-ring (bicyclic) bond motifs is 1. The number of carbonyl (C=O) groups excluding carboxylic acids is 1. The van der Waals surface area contributed by atoms with Crippen molar-refractivity contribution in [1.29, 1.82) is 0 Å². The second-order valence-corrected chi connectivity index (χ2v) is 10.4. The van der Waals surface area contributed by atoms with E-state index < -0.39 is 16.5 Å². The summed E-state index contributed by atoms with van der Waals surface area (Å²) in [7, 11) is 0. The second-order valence-electron chi connectivity index (χ2n) is 8.59. The Hall–Kier alpha value is -4.74. The molecule has 9 nitrogen and oxygen atoms in total. The molecule has 0 unspecified atom stereocenters. The molecule has 0 aliphatic heterocycles. The third-order valence-electron chi connectivity index (χ3n) is 5.85. The fourth-order valence-corrected chi connectivity index (χ4v) is 5.26. The topological polar surface area (TPSA) is 117 Å². The Morgan fingerprint density at radius 2 is 1.68 bits per heavy atom. The van der Waals surface area contributed by atoms with Gasteiger partial charge in [-0.2, -0.15) is 9.78 Å². The van der Waals surface area contributed by atoms with Gasteiger partial charge >= 0.3 is 5.97 Å². The molecule has 4 aromatic carbocycles. The number of halogens is 2. The van der Waals surface area contributed by atoms with Gasteiger partial charge in [0.05, 0.1) is 26.5 Å². The van der Waals surface area contributed by atoms with Crippen molar-refractivity contribution in [3.05, 3.63) is 138 Å². The van der Waals surface area contributed by atoms with Gasteiger partial charge in [0, 0.05) is 33.8 Å². The monoisotopic (exact) mass is 672 g/mol. The average molecular weight is 674 g/mol. The van der Waals surface area contributed by atoms with Gasteiger partial charge in [-0.1, -0.05) is 58.4 Å². The maximum atomic E-state index is 13.5. The Bertz CT molecular complexity index is 1900. The number of benzene rings is 4. The lowest BCUT2D eigenvalue weighted by Gasteiger charge is -2.11. The molecule has 0 spiro atoms. The van der Waals surface area contributed by atoms with Crippen LogP contribution in [0.5, 0.6) is 5.75 Å². The van der Waals surface area contributed by atoms with Gasteiger partial charge in [-0.05, 0) is 64.0 Å². The van der Waals surface area contributed by atoms with Gasteiger partial charge < -0.3 is 4.74 Å². The van der Waals surface area contributed by atoms with Crippen LogP contribution in [0.25, 0.3) is 28.4 Å². The first kappa shape index (κ1) is 27.8. The highest BCUT2D eigenvalue weighted by Gasteiger charge is 2.16. The van der Waals surface area contributed by atoms with Crippen molar-refractivity contribution in [3.8, 4) is 17.1 Å². The van der Waals surface area contributed by atoms with Crippen molar-refractivity contribution >= 4 is 66.7 Å². The Balaban J connectivity index is 1.57. The third-order valence-corrected chi connectivity index (χ3v) is 6.90. The lowest BCUT2D eigenvalue weighted by atomic mass is 10.1. The first-order valence-corrected chi connectivity index (χ1v) is 13.6. The summed E-state index contributed by atoms with van der Waals surface area (Å²) in [6.45, 7) is 0. The number of ether oxygens (including phenoxy) is 1. The molecular formula is C30H18Br2N4O5. The number of hydrogen-bond acceptors (Lipinski definition) is 7. The van der Waals surface area contributed by atoms with Crippen molar-refractivity contribution in [3.63, 3.8) is 0 Å². The molecule has 0 amide bonds. The molecule has 0 aliphatic carbocycles. The summed E-state index contributed by atoms with van der Waals surface area (Å²) in [6.07, 6.45) is 4.33. The van der Waals surface area contributed by atoms with E-state index in [0.717, 1.165) is 10.2 Å². The summed E-state index contributed by atoms with van der Waals surface area (Å²) in [4.78, 5) is 41.4. The molecule has 11 heteroatoms. The number of rotatable bonds is 7. The maximum Gasteiger partial charge on any atom is 0.336 e. The summed E-state index contributed by atoms with van der Waals surface area (Å²) in [5, 5.41) is 15.9. The number of carbonyl (C=O) groups is 1. The number of para-hydroxylation sites is 1. The second kappa shape index (κ2) is 12.2. The molecule has 0 bridgehead atoms. The minimum Gasteiger partial charge on any atom is -0.421 e. The first-order chi connectivity index (χ1) is 19.8. The third kappa shape index (κ3) is 6.37. The van der Waals surface area contributed by atoms with Gasteiger partial charge in [0.2, 0.25) is 0 Å². The molecule has 1 aromatic heterocycles. The van der Waals surface area contributed by atoms with Crippen LogP contribution in [0.4, 0.5) is 5.69 Å². The van der Waals surface area contributed by atoms with Gasteiger partial charge in [0.1, 0.15) is 0 Å². The van der Waals surface area contributed by atoms with Crippen LogP contribution in [0.15, 0.2) is 116 Å². The number of esters is 1. The van der Waals surface area contributed by atoms with Crippen LogP contribution < -0.4 is 10.3 Å².